The molecule has 0 spiro atoms. The molecule has 1 aromatic carbocycles. The molecular weight excluding hydrogens is 376 g/mol. The second kappa shape index (κ2) is 8.08. The first-order valence-corrected chi connectivity index (χ1v) is 12.2. The highest BCUT2D eigenvalue weighted by molar-refractivity contribution is 9.08. The third-order valence-electron chi connectivity index (χ3n) is 3.40. The fourth-order valence-corrected chi connectivity index (χ4v) is 3.28. The highest BCUT2D eigenvalue weighted by atomic mass is 79.9. The average Bonchev–Trinajstić information content (AvgIpc) is 2.83. The van der Waals surface area contributed by atoms with E-state index in [1.54, 1.807) is 0 Å². The topological polar surface area (TPSA) is 53.4 Å². The molecule has 126 valence electrons. The van der Waals surface area contributed by atoms with E-state index < -0.39 is 14.0 Å². The Morgan fingerprint density at radius 3 is 2.70 bits per heavy atom. The average molecular weight is 399 g/mol. The van der Waals surface area contributed by atoms with E-state index in [0.717, 1.165) is 23.6 Å². The fourth-order valence-electron chi connectivity index (χ4n) is 2.06. The first-order chi connectivity index (χ1) is 10.9. The van der Waals surface area contributed by atoms with Gasteiger partial charge in [-0.05, 0) is 12.1 Å². The van der Waals surface area contributed by atoms with E-state index in [1.165, 1.54) is 3.71 Å². The van der Waals surface area contributed by atoms with Gasteiger partial charge in [0.1, 0.15) is 0 Å². The minimum atomic E-state index is -1.04. The highest BCUT2D eigenvalue weighted by Gasteiger charge is 2.17. The zero-order valence-corrected chi connectivity index (χ0v) is 16.4. The Kier molecular flexibility index (Phi) is 6.38. The number of carbonyl (C=O) groups is 1. The first-order valence-electron chi connectivity index (χ1n) is 7.77. The van der Waals surface area contributed by atoms with E-state index in [2.05, 4.69) is 40.9 Å². The van der Waals surface area contributed by atoms with Crippen molar-refractivity contribution < 1.29 is 14.3 Å². The molecule has 0 aliphatic rings. The molecule has 7 heteroatoms. The maximum Gasteiger partial charge on any atom is 0.359 e. The van der Waals surface area contributed by atoms with Crippen molar-refractivity contribution in [3.63, 3.8) is 0 Å². The van der Waals surface area contributed by atoms with Crippen LogP contribution in [0.2, 0.25) is 25.7 Å². The number of halogens is 1. The Hall–Kier alpha value is -1.18. The number of carbonyl (C=O) groups excluding carboxylic acids is 1. The Labute approximate surface area is 146 Å². The number of hydrogen-bond acceptors (Lipinski definition) is 4. The van der Waals surface area contributed by atoms with Crippen molar-refractivity contribution in [1.29, 1.82) is 0 Å². The summed E-state index contributed by atoms with van der Waals surface area (Å²) in [6, 6.07) is 8.67. The summed E-state index contributed by atoms with van der Waals surface area (Å²) >= 11 is 3.29. The van der Waals surface area contributed by atoms with Crippen LogP contribution in [0.5, 0.6) is 0 Å². The summed E-state index contributed by atoms with van der Waals surface area (Å²) < 4.78 is 12.4. The molecule has 0 aliphatic carbocycles. The van der Waals surface area contributed by atoms with E-state index >= 15 is 0 Å². The van der Waals surface area contributed by atoms with Gasteiger partial charge in [-0.1, -0.05) is 37.8 Å². The molecule has 0 saturated heterocycles. The summed E-state index contributed by atoms with van der Waals surface area (Å²) in [5.41, 5.74) is 1.17. The van der Waals surface area contributed by atoms with Crippen LogP contribution in [-0.2, 0) is 9.47 Å². The van der Waals surface area contributed by atoms with Crippen LogP contribution >= 0.6 is 16.1 Å². The van der Waals surface area contributed by atoms with Crippen molar-refractivity contribution in [1.82, 2.24) is 8.81 Å². The lowest BCUT2D eigenvalue weighted by atomic mass is 10.2. The van der Waals surface area contributed by atoms with E-state index in [4.69, 9.17) is 9.47 Å². The lowest BCUT2D eigenvalue weighted by Crippen LogP contribution is -2.21. The number of hydrogen-bond donors (Lipinski definition) is 0. The number of esters is 1. The van der Waals surface area contributed by atoms with Crippen LogP contribution in [0.3, 0.4) is 0 Å². The van der Waals surface area contributed by atoms with Crippen LogP contribution in [0.25, 0.3) is 10.9 Å². The van der Waals surface area contributed by atoms with Crippen molar-refractivity contribution in [2.24, 2.45) is 0 Å². The van der Waals surface area contributed by atoms with Crippen molar-refractivity contribution in [2.75, 3.05) is 19.8 Å². The number of benzene rings is 1. The minimum Gasteiger partial charge on any atom is -0.461 e. The normalized spacial score (nSPS) is 11.8. The number of para-hydroxylation sites is 1. The van der Waals surface area contributed by atoms with Gasteiger partial charge in [-0.25, -0.2) is 4.79 Å². The van der Waals surface area contributed by atoms with Crippen LogP contribution in [0, 0.1) is 0 Å². The van der Waals surface area contributed by atoms with Crippen LogP contribution in [0.1, 0.15) is 16.9 Å². The van der Waals surface area contributed by atoms with Gasteiger partial charge in [0.05, 0.1) is 28.3 Å². The van der Waals surface area contributed by atoms with Crippen molar-refractivity contribution in [3.8, 4) is 0 Å². The van der Waals surface area contributed by atoms with Gasteiger partial charge in [-0.15, -0.1) is 0 Å². The van der Waals surface area contributed by atoms with Gasteiger partial charge < -0.3 is 9.47 Å². The van der Waals surface area contributed by atoms with Crippen molar-refractivity contribution in [3.05, 3.63) is 30.0 Å². The first kappa shape index (κ1) is 18.2. The molecule has 0 fully saturated rings. The van der Waals surface area contributed by atoms with E-state index in [0.29, 0.717) is 25.3 Å². The van der Waals surface area contributed by atoms with Gasteiger partial charge in [0.2, 0.25) is 0 Å². The third kappa shape index (κ3) is 5.44. The molecule has 1 heterocycles. The molecule has 0 N–H and O–H groups in total. The molecular formula is C16H23BrN2O3Si. The van der Waals surface area contributed by atoms with E-state index in [1.807, 2.05) is 24.3 Å². The highest BCUT2D eigenvalue weighted by Crippen LogP contribution is 2.20. The summed E-state index contributed by atoms with van der Waals surface area (Å²) in [6.07, 6.45) is 0.699. The largest absolute Gasteiger partial charge is 0.461 e. The van der Waals surface area contributed by atoms with Crippen LogP contribution in [0.4, 0.5) is 0 Å². The molecule has 0 aliphatic heterocycles. The third-order valence-corrected chi connectivity index (χ3v) is 5.65. The molecule has 0 radical (unpaired) electrons. The van der Waals surface area contributed by atoms with Crippen LogP contribution in [-0.4, -0.2) is 42.7 Å². The molecule has 2 aromatic rings. The van der Waals surface area contributed by atoms with Gasteiger partial charge in [0.15, 0.2) is 5.69 Å². The molecule has 0 unspecified atom stereocenters. The summed E-state index contributed by atoms with van der Waals surface area (Å²) in [5, 5.41) is 4.96. The molecule has 5 nitrogen and oxygen atoms in total. The lowest BCUT2D eigenvalue weighted by Gasteiger charge is -2.15. The maximum absolute atomic E-state index is 12.1. The molecule has 0 saturated carbocycles. The number of aromatic nitrogens is 2. The summed E-state index contributed by atoms with van der Waals surface area (Å²) in [4.78, 5) is 12.1. The van der Waals surface area contributed by atoms with E-state index in [9.17, 15) is 4.79 Å². The summed E-state index contributed by atoms with van der Waals surface area (Å²) in [6.45, 7) is 8.73. The zero-order chi connectivity index (χ0) is 16.9. The predicted octanol–water partition coefficient (Wildman–Crippen LogP) is 4.10. The Morgan fingerprint density at radius 2 is 1.96 bits per heavy atom. The van der Waals surface area contributed by atoms with Gasteiger partial charge in [0.25, 0.3) is 0 Å². The van der Waals surface area contributed by atoms with Gasteiger partial charge in [0, 0.05) is 33.1 Å². The second-order valence-electron chi connectivity index (χ2n) is 6.64. The molecule has 0 amide bonds. The predicted molar refractivity (Wildman–Crippen MR) is 97.9 cm³/mol. The van der Waals surface area contributed by atoms with Gasteiger partial charge in [-0.3, -0.25) is 0 Å². The zero-order valence-electron chi connectivity index (χ0n) is 13.8. The SMILES string of the molecule is C[Si](C)(C)CCOCCCOC(=O)c1nn(Br)c2ccccc12. The molecule has 1 aromatic heterocycles. The van der Waals surface area contributed by atoms with Crippen LogP contribution < -0.4 is 0 Å². The Balaban J connectivity index is 1.75. The fraction of sp³-hybridized carbons (Fsp3) is 0.500. The van der Waals surface area contributed by atoms with Crippen molar-refractivity contribution in [2.45, 2.75) is 32.1 Å². The monoisotopic (exact) mass is 398 g/mol. The molecule has 0 atom stereocenters. The molecule has 23 heavy (non-hydrogen) atoms. The number of rotatable bonds is 8. The Bertz CT molecular complexity index is 667. The summed E-state index contributed by atoms with van der Waals surface area (Å²) in [5.74, 6) is -0.401. The van der Waals surface area contributed by atoms with E-state index in [-0.39, 0.29) is 0 Å². The standard InChI is InChI=1S/C16H23BrN2O3Si/c1-23(2,3)12-11-21-9-6-10-22-16(20)15-13-7-4-5-8-14(13)19(17)18-15/h4-5,7-8H,6,9-12H2,1-3H3. The molecule has 2 rings (SSSR count). The minimum absolute atomic E-state index is 0.331. The Morgan fingerprint density at radius 1 is 1.22 bits per heavy atom. The quantitative estimate of drug-likeness (QED) is 0.381. The number of fused-ring (bicyclic) bond motifs is 1. The second-order valence-corrected chi connectivity index (χ2v) is 12.9. The smallest absolute Gasteiger partial charge is 0.359 e. The maximum atomic E-state index is 12.1. The van der Waals surface area contributed by atoms with Gasteiger partial charge >= 0.3 is 5.97 Å². The summed E-state index contributed by atoms with van der Waals surface area (Å²) in [7, 11) is -1.04. The van der Waals surface area contributed by atoms with Crippen LogP contribution in [0.15, 0.2) is 24.3 Å². The van der Waals surface area contributed by atoms with Gasteiger partial charge in [-0.2, -0.15) is 8.81 Å². The lowest BCUT2D eigenvalue weighted by molar-refractivity contribution is 0.0447. The number of ether oxygens (including phenoxy) is 2. The molecule has 0 bridgehead atoms. The number of nitrogens with zero attached hydrogens (tertiary/aromatic N) is 2. The van der Waals surface area contributed by atoms with Crippen molar-refractivity contribution >= 4 is 41.1 Å².